The van der Waals surface area contributed by atoms with Crippen molar-refractivity contribution in [3.05, 3.63) is 0 Å². The summed E-state index contributed by atoms with van der Waals surface area (Å²) in [6.45, 7) is 0. The standard InChI is InChI=1S/Ca.Fe.Mn.H3O4P/c;;;1-5(2,3)4/h;;;(H3,1,2,3,4)/q3*+2;/p-3. The van der Waals surface area contributed by atoms with E-state index in [0.29, 0.717) is 0 Å². The van der Waals surface area contributed by atoms with E-state index in [0.717, 1.165) is 0 Å². The van der Waals surface area contributed by atoms with Crippen LogP contribution in [0.2, 0.25) is 0 Å². The molecule has 0 bridgehead atoms. The third-order valence-corrected chi connectivity index (χ3v) is 0. The molecule has 0 aliphatic heterocycles. The van der Waals surface area contributed by atoms with Gasteiger partial charge in [0.2, 0.25) is 0 Å². The van der Waals surface area contributed by atoms with Gasteiger partial charge in [0.1, 0.15) is 0 Å². The Bertz CT molecular complexity index is 62.2. The van der Waals surface area contributed by atoms with Crippen molar-refractivity contribution in [2.75, 3.05) is 0 Å². The second kappa shape index (κ2) is 9.41. The Morgan fingerprint density at radius 2 is 1.12 bits per heavy atom. The molecule has 0 aliphatic rings. The van der Waals surface area contributed by atoms with Crippen LogP contribution in [-0.4, -0.2) is 37.7 Å². The summed E-state index contributed by atoms with van der Waals surface area (Å²) in [5, 5.41) is 0. The van der Waals surface area contributed by atoms with Crippen LogP contribution in [0.3, 0.4) is 0 Å². The summed E-state index contributed by atoms with van der Waals surface area (Å²) in [4.78, 5) is 25.6. The molecule has 8 heavy (non-hydrogen) atoms. The summed E-state index contributed by atoms with van der Waals surface area (Å²) < 4.78 is 8.55. The molecule has 0 heterocycles. The van der Waals surface area contributed by atoms with Crippen LogP contribution >= 0.6 is 7.82 Å². The fourth-order valence-corrected chi connectivity index (χ4v) is 0. The van der Waals surface area contributed by atoms with Gasteiger partial charge < -0.3 is 19.2 Å². The van der Waals surface area contributed by atoms with Gasteiger partial charge in [0.05, 0.1) is 0 Å². The van der Waals surface area contributed by atoms with E-state index in [1.54, 1.807) is 0 Å². The van der Waals surface area contributed by atoms with Gasteiger partial charge in [-0.2, -0.15) is 7.82 Å². The molecule has 0 aromatic heterocycles. The summed E-state index contributed by atoms with van der Waals surface area (Å²) in [5.41, 5.74) is 0. The minimum absolute atomic E-state index is 0. The first-order chi connectivity index (χ1) is 2.00. The zero-order valence-corrected chi connectivity index (χ0v) is 8.91. The molecular weight excluding hydrogens is 246 g/mol. The number of rotatable bonds is 0. The minimum Gasteiger partial charge on any atom is -0.822 e. The number of hydrogen-bond donors (Lipinski definition) is 0. The van der Waals surface area contributed by atoms with Crippen molar-refractivity contribution in [3.8, 4) is 0 Å². The summed E-state index contributed by atoms with van der Waals surface area (Å²) in [7, 11) is -5.39. The maximum Gasteiger partial charge on any atom is 2.00 e. The smallest absolute Gasteiger partial charge is 0.822 e. The normalized spacial score (nSPS) is 7.38. The average Bonchev–Trinajstić information content (AvgIpc) is 0.722. The largest absolute Gasteiger partial charge is 2.00 e. The summed E-state index contributed by atoms with van der Waals surface area (Å²) in [6.07, 6.45) is 0. The predicted octanol–water partition coefficient (Wildman–Crippen LogP) is -3.21. The second-order valence-electron chi connectivity index (χ2n) is 0.447. The molecule has 8 heteroatoms. The Morgan fingerprint density at radius 1 is 1.12 bits per heavy atom. The molecule has 0 saturated carbocycles. The molecule has 0 aromatic carbocycles. The molecule has 4 nitrogen and oxygen atoms in total. The molecule has 0 aliphatic carbocycles. The van der Waals surface area contributed by atoms with Crippen molar-refractivity contribution in [1.82, 2.24) is 0 Å². The summed E-state index contributed by atoms with van der Waals surface area (Å²) in [6, 6.07) is 0. The van der Waals surface area contributed by atoms with Gasteiger partial charge in [-0.3, -0.25) is 0 Å². The Labute approximate surface area is 97.6 Å². The van der Waals surface area contributed by atoms with Crippen LogP contribution in [-0.2, 0) is 38.7 Å². The fourth-order valence-electron chi connectivity index (χ4n) is 0. The molecular formula is CaFeMnO4P+3. The first-order valence-corrected chi connectivity index (χ1v) is 2.19. The van der Waals surface area contributed by atoms with Crippen LogP contribution in [0.4, 0.5) is 0 Å². The first-order valence-electron chi connectivity index (χ1n) is 0.730. The van der Waals surface area contributed by atoms with E-state index < -0.39 is 7.82 Å². The van der Waals surface area contributed by atoms with Crippen LogP contribution in [0.5, 0.6) is 0 Å². The van der Waals surface area contributed by atoms with E-state index >= 15 is 0 Å². The van der Waals surface area contributed by atoms with E-state index in [2.05, 4.69) is 0 Å². The van der Waals surface area contributed by atoms with E-state index in [1.807, 2.05) is 0 Å². The number of phosphoric acid groups is 1. The van der Waals surface area contributed by atoms with E-state index in [1.165, 1.54) is 0 Å². The van der Waals surface area contributed by atoms with E-state index in [-0.39, 0.29) is 71.9 Å². The third kappa shape index (κ3) is 79.6. The van der Waals surface area contributed by atoms with E-state index in [4.69, 9.17) is 19.2 Å². The minimum atomic E-state index is -5.39. The van der Waals surface area contributed by atoms with Crippen molar-refractivity contribution < 1.29 is 53.4 Å². The molecule has 0 atom stereocenters. The zero-order chi connectivity index (χ0) is 4.50. The quantitative estimate of drug-likeness (QED) is 0.332. The van der Waals surface area contributed by atoms with Crippen molar-refractivity contribution >= 4 is 45.6 Å². The Balaban J connectivity index is -0.0000000267. The Morgan fingerprint density at radius 3 is 1.12 bits per heavy atom. The van der Waals surface area contributed by atoms with Crippen molar-refractivity contribution in [3.63, 3.8) is 0 Å². The SMILES string of the molecule is O=P([O-])([O-])[O-].[Ca+2].[Fe+2].[Mn+2]. The van der Waals surface area contributed by atoms with Gasteiger partial charge >= 0.3 is 71.9 Å². The Hall–Kier alpha value is 2.41. The molecule has 0 saturated heterocycles. The third-order valence-electron chi connectivity index (χ3n) is 0. The van der Waals surface area contributed by atoms with Gasteiger partial charge in [0, 0.05) is 0 Å². The maximum atomic E-state index is 8.55. The van der Waals surface area contributed by atoms with Gasteiger partial charge in [-0.25, -0.2) is 0 Å². The van der Waals surface area contributed by atoms with Gasteiger partial charge in [-0.05, 0) is 0 Å². The predicted molar refractivity (Wildman–Crippen MR) is 13.4 cm³/mol. The summed E-state index contributed by atoms with van der Waals surface area (Å²) >= 11 is 0. The van der Waals surface area contributed by atoms with Crippen LogP contribution < -0.4 is 14.7 Å². The molecule has 0 N–H and O–H groups in total. The van der Waals surface area contributed by atoms with Gasteiger partial charge in [0.15, 0.2) is 0 Å². The first kappa shape index (κ1) is 22.4. The van der Waals surface area contributed by atoms with Crippen molar-refractivity contribution in [2.24, 2.45) is 0 Å². The molecule has 0 amide bonds. The molecule has 43 valence electrons. The van der Waals surface area contributed by atoms with Gasteiger partial charge in [-0.1, -0.05) is 0 Å². The van der Waals surface area contributed by atoms with Crippen LogP contribution in [0.1, 0.15) is 0 Å². The summed E-state index contributed by atoms with van der Waals surface area (Å²) in [5.74, 6) is 0. The Kier molecular flexibility index (Phi) is 26.4. The molecule has 1 radical (unpaired) electrons. The van der Waals surface area contributed by atoms with E-state index in [9.17, 15) is 0 Å². The topological polar surface area (TPSA) is 86.2 Å². The second-order valence-corrected chi connectivity index (χ2v) is 1.34. The molecule has 0 fully saturated rings. The van der Waals surface area contributed by atoms with Gasteiger partial charge in [-0.15, -0.1) is 0 Å². The van der Waals surface area contributed by atoms with Crippen molar-refractivity contribution in [1.29, 1.82) is 0 Å². The van der Waals surface area contributed by atoms with Crippen LogP contribution in [0.25, 0.3) is 0 Å². The molecule has 0 spiro atoms. The van der Waals surface area contributed by atoms with Crippen LogP contribution in [0, 0.1) is 0 Å². The average molecular weight is 246 g/mol. The molecule has 0 aromatic rings. The monoisotopic (exact) mass is 246 g/mol. The van der Waals surface area contributed by atoms with Crippen LogP contribution in [0.15, 0.2) is 0 Å². The molecule has 0 unspecified atom stereocenters. The van der Waals surface area contributed by atoms with Crippen molar-refractivity contribution in [2.45, 2.75) is 0 Å². The zero-order valence-electron chi connectivity index (χ0n) is 3.52. The fraction of sp³-hybridized carbons (Fsp3) is 0. The van der Waals surface area contributed by atoms with Gasteiger partial charge in [0.25, 0.3) is 0 Å². The number of hydrogen-bond acceptors (Lipinski definition) is 4. The molecule has 0 rings (SSSR count). The maximum absolute atomic E-state index is 8.55.